The highest BCUT2D eigenvalue weighted by Gasteiger charge is 2.50. The zero-order valence-corrected chi connectivity index (χ0v) is 25.6. The summed E-state index contributed by atoms with van der Waals surface area (Å²) in [5.74, 6) is 0. The van der Waals surface area contributed by atoms with E-state index in [0.29, 0.717) is 18.1 Å². The fourth-order valence-electron chi connectivity index (χ4n) is 4.42. The molecule has 236 valence electrons. The van der Waals surface area contributed by atoms with Crippen molar-refractivity contribution >= 4 is 40.0 Å². The molecule has 0 unspecified atom stereocenters. The number of rotatable bonds is 6. The van der Waals surface area contributed by atoms with E-state index in [1.807, 2.05) is 13.8 Å². The van der Waals surface area contributed by atoms with E-state index in [1.165, 1.54) is 28.4 Å². The summed E-state index contributed by atoms with van der Waals surface area (Å²) in [5.41, 5.74) is -1.49. The number of aliphatic imine (C=N–C) groups is 2. The summed E-state index contributed by atoms with van der Waals surface area (Å²) in [4.78, 5) is 22.5. The molecule has 0 aromatic heterocycles. The molecule has 3 fully saturated rings. The minimum Gasteiger partial charge on any atom is -0.443 e. The normalized spacial score (nSPS) is 37.3. The highest BCUT2D eigenvalue weighted by Crippen LogP contribution is 2.38. The summed E-state index contributed by atoms with van der Waals surface area (Å²) in [6.45, 7) is 9.76. The van der Waals surface area contributed by atoms with Crippen LogP contribution in [0.3, 0.4) is 0 Å². The van der Waals surface area contributed by atoms with Crippen molar-refractivity contribution in [1.82, 2.24) is 10.2 Å². The van der Waals surface area contributed by atoms with Gasteiger partial charge in [-0.1, -0.05) is 37.4 Å². The fraction of sp³-hybridized carbons (Fsp3) is 0.880. The molecule has 4 aliphatic rings. The first-order valence-electron chi connectivity index (χ1n) is 13.8. The number of aliphatic hydroxyl groups is 6. The number of carbonyl (C=O) groups is 1. The first kappa shape index (κ1) is 34.3. The Balaban J connectivity index is 0.000000239. The van der Waals surface area contributed by atoms with Gasteiger partial charge < -0.3 is 50.2 Å². The molecule has 41 heavy (non-hydrogen) atoms. The Morgan fingerprint density at radius 2 is 1.59 bits per heavy atom. The topological polar surface area (TPSA) is 206 Å². The van der Waals surface area contributed by atoms with Crippen molar-refractivity contribution in [1.29, 1.82) is 0 Å². The van der Waals surface area contributed by atoms with Crippen LogP contribution in [-0.2, 0) is 14.2 Å². The van der Waals surface area contributed by atoms with Crippen molar-refractivity contribution in [3.63, 3.8) is 0 Å². The first-order valence-corrected chi connectivity index (χ1v) is 15.6. The van der Waals surface area contributed by atoms with Crippen LogP contribution in [0.15, 0.2) is 9.98 Å². The van der Waals surface area contributed by atoms with E-state index in [9.17, 15) is 30.3 Å². The molecule has 0 radical (unpaired) electrons. The Kier molecular flexibility index (Phi) is 12.5. The van der Waals surface area contributed by atoms with Gasteiger partial charge in [0, 0.05) is 13.1 Å². The van der Waals surface area contributed by atoms with Crippen LogP contribution in [0, 0.1) is 0 Å². The number of thioether (sulfide) groups is 2. The minimum atomic E-state index is -1.22. The molecule has 4 aliphatic heterocycles. The molecule has 0 spiro atoms. The number of carbonyl (C=O) groups excluding carboxylic acids is 1. The van der Waals surface area contributed by atoms with Gasteiger partial charge in [-0.2, -0.15) is 0 Å². The summed E-state index contributed by atoms with van der Waals surface area (Å²) >= 11 is 2.59. The molecule has 0 aromatic carbocycles. The lowest BCUT2D eigenvalue weighted by Crippen LogP contribution is -2.59. The largest absolute Gasteiger partial charge is 0.443 e. The maximum absolute atomic E-state index is 12.4. The van der Waals surface area contributed by atoms with Gasteiger partial charge >= 0.3 is 6.09 Å². The third-order valence-electron chi connectivity index (χ3n) is 6.50. The summed E-state index contributed by atoms with van der Waals surface area (Å²) in [6, 6.07) is -1.06. The monoisotopic (exact) mass is 624 g/mol. The van der Waals surface area contributed by atoms with Gasteiger partial charge in [-0.3, -0.25) is 14.9 Å². The van der Waals surface area contributed by atoms with Gasteiger partial charge in [0.05, 0.1) is 19.3 Å². The summed E-state index contributed by atoms with van der Waals surface area (Å²) in [7, 11) is 0. The second-order valence-electron chi connectivity index (χ2n) is 11.0. The lowest BCUT2D eigenvalue weighted by molar-refractivity contribution is -0.167. The van der Waals surface area contributed by atoms with Crippen molar-refractivity contribution in [3.8, 4) is 0 Å². The van der Waals surface area contributed by atoms with E-state index in [0.717, 1.165) is 18.1 Å². The molecule has 10 atom stereocenters. The number of fused-ring (bicyclic) bond motifs is 2. The van der Waals surface area contributed by atoms with Crippen LogP contribution < -0.4 is 5.32 Å². The minimum absolute atomic E-state index is 0.302. The van der Waals surface area contributed by atoms with E-state index in [4.69, 9.17) is 19.3 Å². The zero-order chi connectivity index (χ0) is 30.5. The molecule has 1 amide bonds. The zero-order valence-electron chi connectivity index (χ0n) is 24.0. The molecule has 16 heteroatoms. The van der Waals surface area contributed by atoms with Crippen molar-refractivity contribution < 1.29 is 49.6 Å². The number of amides is 1. The number of nitrogens with one attached hydrogen (secondary N) is 1. The summed E-state index contributed by atoms with van der Waals surface area (Å²) < 4.78 is 16.5. The molecular formula is C25H44N4O10S2. The van der Waals surface area contributed by atoms with Crippen LogP contribution in [0.5, 0.6) is 0 Å². The third-order valence-corrected chi connectivity index (χ3v) is 8.77. The molecule has 0 saturated carbocycles. The van der Waals surface area contributed by atoms with Crippen molar-refractivity contribution in [2.24, 2.45) is 9.98 Å². The molecular weight excluding hydrogens is 580 g/mol. The van der Waals surface area contributed by atoms with E-state index in [2.05, 4.69) is 15.3 Å². The molecule has 0 aliphatic carbocycles. The Hall–Kier alpha value is -1.21. The molecule has 0 bridgehead atoms. The second kappa shape index (κ2) is 15.0. The van der Waals surface area contributed by atoms with Crippen LogP contribution in [0.25, 0.3) is 0 Å². The molecule has 4 heterocycles. The van der Waals surface area contributed by atoms with E-state index < -0.39 is 66.4 Å². The van der Waals surface area contributed by atoms with Crippen molar-refractivity contribution in [2.75, 3.05) is 26.3 Å². The number of nitrogens with zero attached hydrogens (tertiary/aromatic N) is 3. The van der Waals surface area contributed by atoms with Gasteiger partial charge in [-0.15, -0.1) is 0 Å². The van der Waals surface area contributed by atoms with Gasteiger partial charge in [-0.25, -0.2) is 4.79 Å². The summed E-state index contributed by atoms with van der Waals surface area (Å²) in [6.07, 6.45) is -4.86. The van der Waals surface area contributed by atoms with E-state index in [-0.39, 0.29) is 18.1 Å². The highest BCUT2D eigenvalue weighted by molar-refractivity contribution is 8.14. The Morgan fingerprint density at radius 1 is 0.976 bits per heavy atom. The van der Waals surface area contributed by atoms with Crippen LogP contribution >= 0.6 is 23.5 Å². The number of amidine groups is 2. The highest BCUT2D eigenvalue weighted by atomic mass is 32.2. The average Bonchev–Trinajstić information content (AvgIpc) is 3.53. The predicted molar refractivity (Wildman–Crippen MR) is 155 cm³/mol. The quantitative estimate of drug-likeness (QED) is 0.198. The smallest absolute Gasteiger partial charge is 0.416 e. The van der Waals surface area contributed by atoms with Crippen LogP contribution in [0.4, 0.5) is 4.79 Å². The van der Waals surface area contributed by atoms with Gasteiger partial charge in [0.2, 0.25) is 0 Å². The lowest BCUT2D eigenvalue weighted by atomic mass is 9.98. The number of aliphatic hydroxyl groups excluding tert-OH is 6. The molecule has 4 rings (SSSR count). The SMILES string of the molecule is CCCN(C(=O)OC(C)(C)C)C1=N[C@@H]2[C@@H](O)[C@H](O)[C@@H](CO)O[C@@H]2S1.CCCN=C1N[C@@H]2[C@@H](O)[C@H](O)[C@@H](CO)O[C@@H]2S1. The van der Waals surface area contributed by atoms with Gasteiger partial charge in [0.15, 0.2) is 10.3 Å². The first-order chi connectivity index (χ1) is 19.3. The number of hydrogen-bond acceptors (Lipinski definition) is 14. The number of ether oxygens (including phenoxy) is 3. The Labute approximate surface area is 248 Å². The van der Waals surface area contributed by atoms with Gasteiger partial charge in [-0.05, 0) is 33.6 Å². The van der Waals surface area contributed by atoms with Gasteiger partial charge in [0.25, 0.3) is 0 Å². The maximum atomic E-state index is 12.4. The standard InChI is InChI=1S/C15H26N2O6S.C10H18N2O4S/c1-5-6-17(14(21)23-15(2,3)4)13-16-9-11(20)10(19)8(7-18)22-12(9)24-13;1-2-3-11-10-12-6-8(15)7(14)5(4-13)16-9(6)17-10/h8-12,18-20H,5-7H2,1-4H3;5-9,13-15H,2-4H2,1H3,(H,11,12)/t8-,9-,10-,11-,12-;5-,6-,7-,8-,9-/m11/s1. The fourth-order valence-corrected chi connectivity index (χ4v) is 6.83. The summed E-state index contributed by atoms with van der Waals surface area (Å²) in [5, 5.41) is 62.3. The Bertz CT molecular complexity index is 939. The predicted octanol–water partition coefficient (Wildman–Crippen LogP) is -0.560. The van der Waals surface area contributed by atoms with Crippen molar-refractivity contribution in [2.45, 2.75) is 113 Å². The average molecular weight is 625 g/mol. The van der Waals surface area contributed by atoms with E-state index in [1.54, 1.807) is 20.8 Å². The second-order valence-corrected chi connectivity index (χ2v) is 13.2. The van der Waals surface area contributed by atoms with Crippen LogP contribution in [-0.4, -0.2) is 143 Å². The Morgan fingerprint density at radius 3 is 2.15 bits per heavy atom. The molecule has 7 N–H and O–H groups in total. The van der Waals surface area contributed by atoms with Crippen LogP contribution in [0.2, 0.25) is 0 Å². The third kappa shape index (κ3) is 8.46. The molecule has 3 saturated heterocycles. The van der Waals surface area contributed by atoms with E-state index >= 15 is 0 Å². The maximum Gasteiger partial charge on any atom is 0.416 e. The van der Waals surface area contributed by atoms with Crippen molar-refractivity contribution in [3.05, 3.63) is 0 Å². The van der Waals surface area contributed by atoms with Crippen LogP contribution in [0.1, 0.15) is 47.5 Å². The van der Waals surface area contributed by atoms with Gasteiger partial charge in [0.1, 0.15) is 59.1 Å². The molecule has 0 aromatic rings. The lowest BCUT2D eigenvalue weighted by Gasteiger charge is -2.38. The molecule has 14 nitrogen and oxygen atoms in total. The number of hydrogen-bond donors (Lipinski definition) is 7.